The van der Waals surface area contributed by atoms with Crippen LogP contribution in [-0.2, 0) is 13.2 Å². The van der Waals surface area contributed by atoms with Crippen molar-refractivity contribution in [2.45, 2.75) is 13.1 Å². The fourth-order valence-corrected chi connectivity index (χ4v) is 1.72. The maximum Gasteiger partial charge on any atom is 0.433 e. The van der Waals surface area contributed by atoms with E-state index in [2.05, 4.69) is 4.98 Å². The van der Waals surface area contributed by atoms with Crippen LogP contribution in [0.5, 0.6) is 0 Å². The average Bonchev–Trinajstić information content (AvgIpc) is 2.60. The molecular formula is C12H10F4N2. The highest BCUT2D eigenvalue weighted by molar-refractivity contribution is 5.57. The van der Waals surface area contributed by atoms with Crippen molar-refractivity contribution in [1.82, 2.24) is 9.55 Å². The summed E-state index contributed by atoms with van der Waals surface area (Å²) in [5.41, 5.74) is -0.155. The molecule has 0 aliphatic carbocycles. The van der Waals surface area contributed by atoms with Crippen LogP contribution in [0, 0.1) is 12.7 Å². The maximum atomic E-state index is 13.7. The number of hydrogen-bond acceptors (Lipinski definition) is 1. The number of aryl methyl sites for hydroxylation is 1. The summed E-state index contributed by atoms with van der Waals surface area (Å²) in [7, 11) is 1.21. The highest BCUT2D eigenvalue weighted by Crippen LogP contribution is 2.32. The lowest BCUT2D eigenvalue weighted by Crippen LogP contribution is -2.11. The molecule has 2 aromatic rings. The number of benzene rings is 1. The molecule has 96 valence electrons. The van der Waals surface area contributed by atoms with Gasteiger partial charge < -0.3 is 4.57 Å². The Morgan fingerprint density at radius 1 is 1.22 bits per heavy atom. The lowest BCUT2D eigenvalue weighted by Gasteiger charge is -2.09. The first-order chi connectivity index (χ1) is 8.30. The fourth-order valence-electron chi connectivity index (χ4n) is 1.72. The number of alkyl halides is 3. The summed E-state index contributed by atoms with van der Waals surface area (Å²) in [5, 5.41) is 0. The lowest BCUT2D eigenvalue weighted by molar-refractivity contribution is -0.143. The van der Waals surface area contributed by atoms with E-state index in [1.54, 1.807) is 13.0 Å². The molecule has 0 aliphatic rings. The Kier molecular flexibility index (Phi) is 2.88. The van der Waals surface area contributed by atoms with E-state index in [0.29, 0.717) is 11.8 Å². The van der Waals surface area contributed by atoms with E-state index < -0.39 is 17.7 Å². The maximum absolute atomic E-state index is 13.7. The van der Waals surface area contributed by atoms with Gasteiger partial charge in [0.15, 0.2) is 0 Å². The second-order valence-electron chi connectivity index (χ2n) is 4.01. The van der Waals surface area contributed by atoms with Gasteiger partial charge in [-0.15, -0.1) is 0 Å². The molecule has 0 saturated carbocycles. The minimum absolute atomic E-state index is 0.0418. The SMILES string of the molecule is Cc1ccc(-c2ncc(C(F)(F)F)n2C)c(F)c1. The molecule has 0 saturated heterocycles. The summed E-state index contributed by atoms with van der Waals surface area (Å²) >= 11 is 0. The molecule has 6 heteroatoms. The third-order valence-corrected chi connectivity index (χ3v) is 2.64. The van der Waals surface area contributed by atoms with Gasteiger partial charge in [-0.05, 0) is 24.6 Å². The summed E-state index contributed by atoms with van der Waals surface area (Å²) < 4.78 is 52.3. The summed E-state index contributed by atoms with van der Waals surface area (Å²) in [6.45, 7) is 1.70. The van der Waals surface area contributed by atoms with E-state index in [4.69, 9.17) is 0 Å². The fraction of sp³-hybridized carbons (Fsp3) is 0.250. The summed E-state index contributed by atoms with van der Waals surface area (Å²) in [6, 6.07) is 4.31. The van der Waals surface area contributed by atoms with Gasteiger partial charge in [-0.3, -0.25) is 0 Å². The molecule has 0 N–H and O–H groups in total. The predicted molar refractivity (Wildman–Crippen MR) is 58.3 cm³/mol. The zero-order valence-corrected chi connectivity index (χ0v) is 9.72. The van der Waals surface area contributed by atoms with Crippen LogP contribution in [0.3, 0.4) is 0 Å². The second kappa shape index (κ2) is 4.12. The largest absolute Gasteiger partial charge is 0.433 e. The Bertz CT molecular complexity index is 584. The van der Waals surface area contributed by atoms with Crippen molar-refractivity contribution in [2.75, 3.05) is 0 Å². The molecule has 0 amide bonds. The highest BCUT2D eigenvalue weighted by Gasteiger charge is 2.35. The Hall–Kier alpha value is -1.85. The van der Waals surface area contributed by atoms with Crippen LogP contribution in [0.15, 0.2) is 24.4 Å². The first kappa shape index (κ1) is 12.6. The van der Waals surface area contributed by atoms with E-state index in [1.165, 1.54) is 19.2 Å². The Balaban J connectivity index is 2.56. The van der Waals surface area contributed by atoms with Gasteiger partial charge >= 0.3 is 6.18 Å². The summed E-state index contributed by atoms with van der Waals surface area (Å²) in [5.74, 6) is -0.628. The smallest absolute Gasteiger partial charge is 0.324 e. The molecule has 2 rings (SSSR count). The van der Waals surface area contributed by atoms with Crippen LogP contribution in [0.25, 0.3) is 11.4 Å². The van der Waals surface area contributed by atoms with Gasteiger partial charge in [0.2, 0.25) is 0 Å². The van der Waals surface area contributed by atoms with Gasteiger partial charge in [-0.1, -0.05) is 6.07 Å². The van der Waals surface area contributed by atoms with E-state index >= 15 is 0 Å². The summed E-state index contributed by atoms with van der Waals surface area (Å²) in [6.07, 6.45) is -3.80. The van der Waals surface area contributed by atoms with Gasteiger partial charge in [-0.2, -0.15) is 13.2 Å². The van der Waals surface area contributed by atoms with Gasteiger partial charge in [0, 0.05) is 7.05 Å². The van der Waals surface area contributed by atoms with Gasteiger partial charge in [-0.25, -0.2) is 9.37 Å². The van der Waals surface area contributed by atoms with Crippen LogP contribution in [0.1, 0.15) is 11.3 Å². The van der Waals surface area contributed by atoms with E-state index in [0.717, 1.165) is 4.57 Å². The van der Waals surface area contributed by atoms with Crippen LogP contribution >= 0.6 is 0 Å². The predicted octanol–water partition coefficient (Wildman–Crippen LogP) is 3.55. The third kappa shape index (κ3) is 2.10. The van der Waals surface area contributed by atoms with Gasteiger partial charge in [0.1, 0.15) is 17.3 Å². The zero-order valence-electron chi connectivity index (χ0n) is 9.72. The number of imidazole rings is 1. The number of halogens is 4. The van der Waals surface area contributed by atoms with E-state index in [-0.39, 0.29) is 11.4 Å². The van der Waals surface area contributed by atoms with Crippen molar-refractivity contribution < 1.29 is 17.6 Å². The monoisotopic (exact) mass is 258 g/mol. The number of hydrogen-bond donors (Lipinski definition) is 0. The standard InChI is InChI=1S/C12H10F4N2/c1-7-3-4-8(9(13)5-7)11-17-6-10(18(11)2)12(14,15)16/h3-6H,1-2H3. The second-order valence-corrected chi connectivity index (χ2v) is 4.01. The molecule has 0 aliphatic heterocycles. The molecular weight excluding hydrogens is 248 g/mol. The Morgan fingerprint density at radius 2 is 1.89 bits per heavy atom. The molecule has 0 atom stereocenters. The van der Waals surface area contributed by atoms with Crippen molar-refractivity contribution in [3.05, 3.63) is 41.5 Å². The van der Waals surface area contributed by atoms with Crippen molar-refractivity contribution in [3.8, 4) is 11.4 Å². The third-order valence-electron chi connectivity index (χ3n) is 2.64. The molecule has 2 nitrogen and oxygen atoms in total. The number of nitrogens with zero attached hydrogens (tertiary/aromatic N) is 2. The molecule has 0 unspecified atom stereocenters. The Labute approximate surface area is 101 Å². The first-order valence-corrected chi connectivity index (χ1v) is 5.16. The quantitative estimate of drug-likeness (QED) is 0.715. The topological polar surface area (TPSA) is 17.8 Å². The van der Waals surface area contributed by atoms with Crippen LogP contribution in [-0.4, -0.2) is 9.55 Å². The molecule has 0 spiro atoms. The van der Waals surface area contributed by atoms with Gasteiger partial charge in [0.05, 0.1) is 11.8 Å². The molecule has 1 aromatic heterocycles. The molecule has 18 heavy (non-hydrogen) atoms. The molecule has 0 radical (unpaired) electrons. The molecule has 1 aromatic carbocycles. The zero-order chi connectivity index (χ0) is 13.5. The normalized spacial score (nSPS) is 11.9. The van der Waals surface area contributed by atoms with Crippen LogP contribution in [0.2, 0.25) is 0 Å². The van der Waals surface area contributed by atoms with Crippen molar-refractivity contribution >= 4 is 0 Å². The average molecular weight is 258 g/mol. The van der Waals surface area contributed by atoms with Crippen molar-refractivity contribution in [2.24, 2.45) is 7.05 Å². The summed E-state index contributed by atoms with van der Waals surface area (Å²) in [4.78, 5) is 3.65. The number of aromatic nitrogens is 2. The van der Waals surface area contributed by atoms with Crippen LogP contribution in [0.4, 0.5) is 17.6 Å². The van der Waals surface area contributed by atoms with E-state index in [9.17, 15) is 17.6 Å². The molecule has 0 bridgehead atoms. The Morgan fingerprint density at radius 3 is 2.39 bits per heavy atom. The molecule has 0 fully saturated rings. The van der Waals surface area contributed by atoms with Crippen molar-refractivity contribution in [1.29, 1.82) is 0 Å². The van der Waals surface area contributed by atoms with Gasteiger partial charge in [0.25, 0.3) is 0 Å². The number of rotatable bonds is 1. The minimum atomic E-state index is -4.50. The van der Waals surface area contributed by atoms with Crippen LogP contribution < -0.4 is 0 Å². The molecule has 1 heterocycles. The van der Waals surface area contributed by atoms with E-state index in [1.807, 2.05) is 0 Å². The lowest BCUT2D eigenvalue weighted by atomic mass is 10.1. The van der Waals surface area contributed by atoms with Crippen molar-refractivity contribution in [3.63, 3.8) is 0 Å². The minimum Gasteiger partial charge on any atom is -0.324 e. The first-order valence-electron chi connectivity index (χ1n) is 5.16. The highest BCUT2D eigenvalue weighted by atomic mass is 19.4.